The summed E-state index contributed by atoms with van der Waals surface area (Å²) in [6, 6.07) is 4.17. The molecule has 1 aromatic carbocycles. The molecule has 0 spiro atoms. The van der Waals surface area contributed by atoms with Gasteiger partial charge in [0.25, 0.3) is 11.8 Å². The SMILES string of the molecule is COC(=O)CC[C@H](C)NC(=O)C(OC)C(=O)Nc1cc(Cl)cc(Cl)c1. The van der Waals surface area contributed by atoms with Gasteiger partial charge in [0.2, 0.25) is 6.10 Å². The van der Waals surface area contributed by atoms with Gasteiger partial charge in [0.1, 0.15) is 0 Å². The topological polar surface area (TPSA) is 93.7 Å². The Hall–Kier alpha value is -1.83. The fraction of sp³-hybridized carbons (Fsp3) is 0.438. The zero-order valence-electron chi connectivity index (χ0n) is 14.1. The summed E-state index contributed by atoms with van der Waals surface area (Å²) < 4.78 is 9.51. The lowest BCUT2D eigenvalue weighted by Gasteiger charge is -2.19. The van der Waals surface area contributed by atoms with Crippen molar-refractivity contribution in [3.05, 3.63) is 28.2 Å². The van der Waals surface area contributed by atoms with Gasteiger partial charge >= 0.3 is 5.97 Å². The standard InChI is InChI=1S/C16H20Cl2N2O5/c1-9(4-5-13(21)24-2)19-15(22)14(25-3)16(23)20-12-7-10(17)6-11(18)8-12/h6-9,14H,4-5H2,1-3H3,(H,19,22)(H,20,23)/t9-,14?/m0/s1. The molecule has 0 aliphatic carbocycles. The van der Waals surface area contributed by atoms with Crippen molar-refractivity contribution in [1.29, 1.82) is 0 Å². The summed E-state index contributed by atoms with van der Waals surface area (Å²) in [5.74, 6) is -1.66. The summed E-state index contributed by atoms with van der Waals surface area (Å²) in [5, 5.41) is 5.83. The molecule has 2 atom stereocenters. The molecule has 0 fully saturated rings. The molecule has 7 nitrogen and oxygen atoms in total. The van der Waals surface area contributed by atoms with Crippen molar-refractivity contribution in [2.24, 2.45) is 0 Å². The highest BCUT2D eigenvalue weighted by Crippen LogP contribution is 2.22. The summed E-state index contributed by atoms with van der Waals surface area (Å²) >= 11 is 11.7. The molecule has 0 aliphatic heterocycles. The van der Waals surface area contributed by atoms with Gasteiger partial charge in [-0.1, -0.05) is 23.2 Å². The van der Waals surface area contributed by atoms with E-state index < -0.39 is 17.9 Å². The fourth-order valence-electron chi connectivity index (χ4n) is 1.99. The van der Waals surface area contributed by atoms with Gasteiger partial charge in [0.05, 0.1) is 7.11 Å². The zero-order chi connectivity index (χ0) is 19.0. The Kier molecular flexibility index (Phi) is 8.68. The molecule has 0 heterocycles. The van der Waals surface area contributed by atoms with E-state index in [9.17, 15) is 14.4 Å². The van der Waals surface area contributed by atoms with Crippen molar-refractivity contribution in [2.45, 2.75) is 31.9 Å². The lowest BCUT2D eigenvalue weighted by Crippen LogP contribution is -2.46. The third kappa shape index (κ3) is 7.29. The van der Waals surface area contributed by atoms with Crippen LogP contribution in [0, 0.1) is 0 Å². The monoisotopic (exact) mass is 390 g/mol. The quantitative estimate of drug-likeness (QED) is 0.524. The predicted octanol–water partition coefficient (Wildman–Crippen LogP) is 2.40. The minimum absolute atomic E-state index is 0.156. The second-order valence-corrected chi connectivity index (χ2v) is 6.16. The highest BCUT2D eigenvalue weighted by molar-refractivity contribution is 6.35. The van der Waals surface area contributed by atoms with Crippen LogP contribution >= 0.6 is 23.2 Å². The van der Waals surface area contributed by atoms with Gasteiger partial charge in [-0.25, -0.2) is 0 Å². The number of benzene rings is 1. The number of nitrogens with one attached hydrogen (secondary N) is 2. The first kappa shape index (κ1) is 21.2. The van der Waals surface area contributed by atoms with Crippen molar-refractivity contribution in [1.82, 2.24) is 5.32 Å². The van der Waals surface area contributed by atoms with Crippen molar-refractivity contribution in [2.75, 3.05) is 19.5 Å². The van der Waals surface area contributed by atoms with Gasteiger partial charge in [-0.2, -0.15) is 0 Å². The highest BCUT2D eigenvalue weighted by Gasteiger charge is 2.27. The van der Waals surface area contributed by atoms with Gasteiger partial charge < -0.3 is 20.1 Å². The number of halogens is 2. The number of amides is 2. The van der Waals surface area contributed by atoms with Gasteiger partial charge in [0.15, 0.2) is 0 Å². The average Bonchev–Trinajstić information content (AvgIpc) is 2.52. The van der Waals surface area contributed by atoms with Crippen molar-refractivity contribution >= 4 is 46.7 Å². The Morgan fingerprint density at radius 3 is 2.20 bits per heavy atom. The molecule has 2 N–H and O–H groups in total. The van der Waals surface area contributed by atoms with Crippen LogP contribution in [0.1, 0.15) is 19.8 Å². The highest BCUT2D eigenvalue weighted by atomic mass is 35.5. The van der Waals surface area contributed by atoms with Gasteiger partial charge in [0, 0.05) is 35.3 Å². The minimum atomic E-state index is -1.36. The molecule has 1 unspecified atom stereocenters. The number of ether oxygens (including phenoxy) is 2. The molecule has 2 amide bonds. The number of esters is 1. The summed E-state index contributed by atoms with van der Waals surface area (Å²) in [6.45, 7) is 1.71. The summed E-state index contributed by atoms with van der Waals surface area (Å²) in [4.78, 5) is 35.6. The Labute approximate surface area is 155 Å². The Balaban J connectivity index is 2.64. The first-order valence-corrected chi connectivity index (χ1v) is 8.19. The fourth-order valence-corrected chi connectivity index (χ4v) is 2.52. The molecule has 138 valence electrons. The maximum absolute atomic E-state index is 12.2. The third-order valence-corrected chi connectivity index (χ3v) is 3.68. The van der Waals surface area contributed by atoms with Crippen LogP contribution in [0.2, 0.25) is 10.0 Å². The van der Waals surface area contributed by atoms with Crippen LogP contribution in [0.25, 0.3) is 0 Å². The molecule has 1 rings (SSSR count). The molecule has 0 aliphatic rings. The summed E-state index contributed by atoms with van der Waals surface area (Å²) in [5.41, 5.74) is 0.344. The lowest BCUT2D eigenvalue weighted by molar-refractivity contribution is -0.143. The Morgan fingerprint density at radius 1 is 1.08 bits per heavy atom. The van der Waals surface area contributed by atoms with E-state index in [-0.39, 0.29) is 18.4 Å². The second kappa shape index (κ2) is 10.2. The van der Waals surface area contributed by atoms with Crippen molar-refractivity contribution < 1.29 is 23.9 Å². The van der Waals surface area contributed by atoms with Crippen molar-refractivity contribution in [3.8, 4) is 0 Å². The first-order valence-electron chi connectivity index (χ1n) is 7.43. The van der Waals surface area contributed by atoms with Crippen LogP contribution in [0.3, 0.4) is 0 Å². The number of rotatable bonds is 8. The molecular weight excluding hydrogens is 371 g/mol. The van der Waals surface area contributed by atoms with E-state index in [2.05, 4.69) is 15.4 Å². The number of carbonyl (C=O) groups is 3. The Morgan fingerprint density at radius 2 is 1.68 bits per heavy atom. The maximum Gasteiger partial charge on any atom is 0.305 e. The number of anilines is 1. The van der Waals surface area contributed by atoms with Gasteiger partial charge in [-0.05, 0) is 31.5 Å². The van der Waals surface area contributed by atoms with Crippen LogP contribution in [-0.2, 0) is 23.9 Å². The normalized spacial score (nSPS) is 12.8. The zero-order valence-corrected chi connectivity index (χ0v) is 15.6. The number of hydrogen-bond acceptors (Lipinski definition) is 5. The summed E-state index contributed by atoms with van der Waals surface area (Å²) in [6.07, 6.45) is -0.832. The van der Waals surface area contributed by atoms with E-state index in [0.717, 1.165) is 0 Å². The Bertz CT molecular complexity index is 619. The minimum Gasteiger partial charge on any atom is -0.469 e. The molecule has 0 saturated heterocycles. The number of carbonyl (C=O) groups excluding carboxylic acids is 3. The van der Waals surface area contributed by atoms with Crippen molar-refractivity contribution in [3.63, 3.8) is 0 Å². The van der Waals surface area contributed by atoms with E-state index in [1.165, 1.54) is 32.4 Å². The van der Waals surface area contributed by atoms with Crippen LogP contribution < -0.4 is 10.6 Å². The van der Waals surface area contributed by atoms with Crippen LogP contribution in [0.5, 0.6) is 0 Å². The molecule has 0 aromatic heterocycles. The predicted molar refractivity (Wildman–Crippen MR) is 94.7 cm³/mol. The summed E-state index contributed by atoms with van der Waals surface area (Å²) in [7, 11) is 2.53. The second-order valence-electron chi connectivity index (χ2n) is 5.29. The molecule has 0 saturated carbocycles. The van der Waals surface area contributed by atoms with E-state index in [0.29, 0.717) is 22.2 Å². The number of methoxy groups -OCH3 is 2. The van der Waals surface area contributed by atoms with Gasteiger partial charge in [-0.15, -0.1) is 0 Å². The van der Waals surface area contributed by atoms with E-state index in [1.807, 2.05) is 0 Å². The van der Waals surface area contributed by atoms with E-state index >= 15 is 0 Å². The van der Waals surface area contributed by atoms with Gasteiger partial charge in [-0.3, -0.25) is 14.4 Å². The molecular formula is C16H20Cl2N2O5. The maximum atomic E-state index is 12.2. The van der Waals surface area contributed by atoms with E-state index in [1.54, 1.807) is 6.92 Å². The lowest BCUT2D eigenvalue weighted by atomic mass is 10.1. The first-order chi connectivity index (χ1) is 11.8. The third-order valence-electron chi connectivity index (χ3n) is 3.24. The molecule has 0 radical (unpaired) electrons. The van der Waals surface area contributed by atoms with E-state index in [4.69, 9.17) is 27.9 Å². The average molecular weight is 391 g/mol. The number of hydrogen-bond donors (Lipinski definition) is 2. The smallest absolute Gasteiger partial charge is 0.305 e. The van der Waals surface area contributed by atoms with Crippen LogP contribution in [0.15, 0.2) is 18.2 Å². The molecule has 0 bridgehead atoms. The molecule has 1 aromatic rings. The largest absolute Gasteiger partial charge is 0.469 e. The molecule has 25 heavy (non-hydrogen) atoms. The molecule has 9 heteroatoms. The van der Waals surface area contributed by atoms with Crippen LogP contribution in [0.4, 0.5) is 5.69 Å². The van der Waals surface area contributed by atoms with Crippen LogP contribution in [-0.4, -0.2) is 44.1 Å².